The van der Waals surface area contributed by atoms with Crippen molar-refractivity contribution in [1.29, 1.82) is 0 Å². The van der Waals surface area contributed by atoms with Crippen molar-refractivity contribution in [3.63, 3.8) is 0 Å². The first-order valence-corrected chi connectivity index (χ1v) is 25.8. The molecule has 0 amide bonds. The van der Waals surface area contributed by atoms with Crippen LogP contribution in [0.1, 0.15) is 252 Å². The third-order valence-corrected chi connectivity index (χ3v) is 11.0. The molecule has 60 heavy (non-hydrogen) atoms. The Bertz CT molecular complexity index is 1040. The zero-order chi connectivity index (χ0) is 43.5. The molecule has 1 unspecified atom stereocenters. The minimum atomic E-state index is -0.549. The van der Waals surface area contributed by atoms with Crippen molar-refractivity contribution in [3.8, 4) is 0 Å². The number of esters is 2. The summed E-state index contributed by atoms with van der Waals surface area (Å²) < 4.78 is 17.4. The summed E-state index contributed by atoms with van der Waals surface area (Å²) in [7, 11) is 0. The van der Waals surface area contributed by atoms with Crippen molar-refractivity contribution in [2.75, 3.05) is 19.8 Å². The molecule has 0 bridgehead atoms. The molecule has 0 aliphatic carbocycles. The van der Waals surface area contributed by atoms with Crippen LogP contribution in [-0.2, 0) is 23.8 Å². The predicted octanol–water partition coefficient (Wildman–Crippen LogP) is 17.3. The average Bonchev–Trinajstić information content (AvgIpc) is 3.25. The highest BCUT2D eigenvalue weighted by atomic mass is 16.6. The standard InChI is InChI=1S/C55H98O5/c1-4-7-10-13-16-19-22-25-26-27-28-29-32-35-38-41-44-47-50-58-51-53(60-55(57)49-46-43-40-37-34-31-24-21-18-15-12-9-6-3)52-59-54(56)48-45-42-39-36-33-30-23-20-17-14-11-8-5-2/h11,14,16,19-21,23-26,53H,4-10,12-13,15,17-18,22,27-52H2,1-3H3/b14-11-,19-16-,23-20-,24-21-,26-25-. The van der Waals surface area contributed by atoms with E-state index in [9.17, 15) is 9.59 Å². The molecular formula is C55H98O5. The summed E-state index contributed by atoms with van der Waals surface area (Å²) in [4.78, 5) is 25.4. The van der Waals surface area contributed by atoms with Gasteiger partial charge in [-0.05, 0) is 103 Å². The number of ether oxygens (including phenoxy) is 3. The van der Waals surface area contributed by atoms with Gasteiger partial charge in [0, 0.05) is 19.4 Å². The Hall–Kier alpha value is -2.40. The molecule has 0 aliphatic rings. The van der Waals surface area contributed by atoms with Crippen LogP contribution in [0.5, 0.6) is 0 Å². The molecule has 1 atom stereocenters. The lowest BCUT2D eigenvalue weighted by Crippen LogP contribution is -2.30. The van der Waals surface area contributed by atoms with Crippen molar-refractivity contribution in [1.82, 2.24) is 0 Å². The number of carbonyl (C=O) groups is 2. The fourth-order valence-electron chi connectivity index (χ4n) is 7.10. The lowest BCUT2D eigenvalue weighted by atomic mass is 10.1. The molecule has 0 saturated heterocycles. The van der Waals surface area contributed by atoms with E-state index in [4.69, 9.17) is 14.2 Å². The molecule has 348 valence electrons. The summed E-state index contributed by atoms with van der Waals surface area (Å²) in [5.41, 5.74) is 0. The third kappa shape index (κ3) is 48.3. The smallest absolute Gasteiger partial charge is 0.306 e. The summed E-state index contributed by atoms with van der Waals surface area (Å²) in [6.45, 7) is 7.71. The fourth-order valence-corrected chi connectivity index (χ4v) is 7.10. The normalized spacial score (nSPS) is 12.7. The number of unbranched alkanes of at least 4 members (excludes halogenated alkanes) is 26. The van der Waals surface area contributed by atoms with E-state index in [0.717, 1.165) is 77.0 Å². The minimum absolute atomic E-state index is 0.0721. The zero-order valence-electron chi connectivity index (χ0n) is 40.0. The quantitative estimate of drug-likeness (QED) is 0.0347. The summed E-state index contributed by atoms with van der Waals surface area (Å²) in [6, 6.07) is 0. The van der Waals surface area contributed by atoms with Gasteiger partial charge in [-0.15, -0.1) is 0 Å². The molecule has 0 aromatic carbocycles. The highest BCUT2D eigenvalue weighted by Crippen LogP contribution is 2.14. The Kier molecular flexibility index (Phi) is 48.9. The van der Waals surface area contributed by atoms with Crippen LogP contribution in [0.3, 0.4) is 0 Å². The summed E-state index contributed by atoms with van der Waals surface area (Å²) in [5.74, 6) is -0.423. The van der Waals surface area contributed by atoms with Gasteiger partial charge >= 0.3 is 11.9 Å². The summed E-state index contributed by atoms with van der Waals surface area (Å²) in [6.07, 6.45) is 63.7. The second-order valence-electron chi connectivity index (χ2n) is 17.1. The monoisotopic (exact) mass is 839 g/mol. The zero-order valence-corrected chi connectivity index (χ0v) is 40.0. The van der Waals surface area contributed by atoms with Crippen LogP contribution in [0, 0.1) is 0 Å². The molecule has 0 aromatic heterocycles. The highest BCUT2D eigenvalue weighted by Gasteiger charge is 2.17. The van der Waals surface area contributed by atoms with Gasteiger partial charge in [-0.2, -0.15) is 0 Å². The second kappa shape index (κ2) is 51.0. The Labute approximate surface area is 373 Å². The number of carbonyl (C=O) groups excluding carboxylic acids is 2. The summed E-state index contributed by atoms with van der Waals surface area (Å²) in [5, 5.41) is 0. The highest BCUT2D eigenvalue weighted by molar-refractivity contribution is 5.70. The molecular weight excluding hydrogens is 741 g/mol. The average molecular weight is 839 g/mol. The van der Waals surface area contributed by atoms with E-state index < -0.39 is 6.10 Å². The summed E-state index contributed by atoms with van der Waals surface area (Å²) >= 11 is 0. The van der Waals surface area contributed by atoms with Crippen LogP contribution in [0.2, 0.25) is 0 Å². The lowest BCUT2D eigenvalue weighted by Gasteiger charge is -2.18. The van der Waals surface area contributed by atoms with Crippen molar-refractivity contribution in [3.05, 3.63) is 60.8 Å². The largest absolute Gasteiger partial charge is 0.462 e. The number of hydrogen-bond acceptors (Lipinski definition) is 5. The van der Waals surface area contributed by atoms with E-state index in [-0.39, 0.29) is 25.2 Å². The van der Waals surface area contributed by atoms with Crippen molar-refractivity contribution in [2.45, 2.75) is 258 Å². The van der Waals surface area contributed by atoms with Crippen LogP contribution in [0.15, 0.2) is 60.8 Å². The molecule has 5 heteroatoms. The van der Waals surface area contributed by atoms with Gasteiger partial charge in [-0.1, -0.05) is 197 Å². The number of rotatable bonds is 47. The molecule has 0 rings (SSSR count). The molecule has 0 saturated carbocycles. The lowest BCUT2D eigenvalue weighted by molar-refractivity contribution is -0.163. The van der Waals surface area contributed by atoms with Crippen molar-refractivity contribution in [2.24, 2.45) is 0 Å². The first kappa shape index (κ1) is 57.6. The number of allylic oxidation sites excluding steroid dienone is 10. The van der Waals surface area contributed by atoms with Gasteiger partial charge in [-0.3, -0.25) is 9.59 Å². The Morgan fingerprint density at radius 3 is 1.22 bits per heavy atom. The third-order valence-electron chi connectivity index (χ3n) is 11.0. The molecule has 0 N–H and O–H groups in total. The van der Waals surface area contributed by atoms with Gasteiger partial charge in [0.25, 0.3) is 0 Å². The van der Waals surface area contributed by atoms with E-state index in [1.54, 1.807) is 0 Å². The van der Waals surface area contributed by atoms with Gasteiger partial charge < -0.3 is 14.2 Å². The molecule has 0 spiro atoms. The maximum absolute atomic E-state index is 12.8. The molecule has 0 heterocycles. The van der Waals surface area contributed by atoms with Crippen molar-refractivity contribution >= 4 is 11.9 Å². The minimum Gasteiger partial charge on any atom is -0.462 e. The van der Waals surface area contributed by atoms with Crippen LogP contribution >= 0.6 is 0 Å². The SMILES string of the molecule is CCC/C=C\C/C=C\CCCCCCCC(=O)OCC(COCCCCCCCCCC/C=C\C/C=C\CCCCC)OC(=O)CCCCCCC/C=C\CCCCCC. The first-order valence-electron chi connectivity index (χ1n) is 25.8. The van der Waals surface area contributed by atoms with Crippen LogP contribution in [0.25, 0.3) is 0 Å². The van der Waals surface area contributed by atoms with Gasteiger partial charge in [0.2, 0.25) is 0 Å². The van der Waals surface area contributed by atoms with E-state index in [0.29, 0.717) is 19.4 Å². The molecule has 0 aromatic rings. The molecule has 5 nitrogen and oxygen atoms in total. The number of hydrogen-bond donors (Lipinski definition) is 0. The van der Waals surface area contributed by atoms with Crippen LogP contribution < -0.4 is 0 Å². The Balaban J connectivity index is 4.28. The van der Waals surface area contributed by atoms with E-state index in [2.05, 4.69) is 81.5 Å². The molecule has 0 fully saturated rings. The van der Waals surface area contributed by atoms with E-state index in [1.165, 1.54) is 141 Å². The van der Waals surface area contributed by atoms with Gasteiger partial charge in [0.1, 0.15) is 6.61 Å². The van der Waals surface area contributed by atoms with Crippen molar-refractivity contribution < 1.29 is 23.8 Å². The van der Waals surface area contributed by atoms with E-state index in [1.807, 2.05) is 0 Å². The van der Waals surface area contributed by atoms with Gasteiger partial charge in [0.05, 0.1) is 6.61 Å². The van der Waals surface area contributed by atoms with Gasteiger partial charge in [0.15, 0.2) is 6.10 Å². The predicted molar refractivity (Wildman–Crippen MR) is 261 cm³/mol. The maximum atomic E-state index is 12.8. The topological polar surface area (TPSA) is 61.8 Å². The second-order valence-corrected chi connectivity index (χ2v) is 17.1. The Morgan fingerprint density at radius 1 is 0.367 bits per heavy atom. The maximum Gasteiger partial charge on any atom is 0.306 e. The first-order chi connectivity index (χ1) is 29.6. The Morgan fingerprint density at radius 2 is 0.733 bits per heavy atom. The molecule has 0 radical (unpaired) electrons. The van der Waals surface area contributed by atoms with E-state index >= 15 is 0 Å². The fraction of sp³-hybridized carbons (Fsp3) is 0.782. The van der Waals surface area contributed by atoms with Crippen LogP contribution in [0.4, 0.5) is 0 Å². The van der Waals surface area contributed by atoms with Gasteiger partial charge in [-0.25, -0.2) is 0 Å². The molecule has 0 aliphatic heterocycles. The van der Waals surface area contributed by atoms with Crippen LogP contribution in [-0.4, -0.2) is 37.9 Å².